The molecular weight excluding hydrogens is 468 g/mol. The smallest absolute Gasteiger partial charge is 0.285 e. The number of sulfonamides is 1. The maximum atomic E-state index is 13.2. The molecule has 0 spiro atoms. The molecule has 0 aromatic heterocycles. The van der Waals surface area contributed by atoms with Crippen molar-refractivity contribution >= 4 is 21.8 Å². The Bertz CT molecular complexity index is 1280. The first kappa shape index (κ1) is 22.4. The Hall–Kier alpha value is -3.11. The van der Waals surface area contributed by atoms with E-state index in [2.05, 4.69) is 15.4 Å². The zero-order valence-corrected chi connectivity index (χ0v) is 20.2. The van der Waals surface area contributed by atoms with Crippen LogP contribution < -0.4 is 9.47 Å². The average Bonchev–Trinajstić information content (AvgIpc) is 3.46. The van der Waals surface area contributed by atoms with Crippen LogP contribution >= 0.6 is 0 Å². The zero-order chi connectivity index (χ0) is 24.0. The van der Waals surface area contributed by atoms with E-state index in [1.54, 1.807) is 18.2 Å². The van der Waals surface area contributed by atoms with Gasteiger partial charge in [0.05, 0.1) is 0 Å². The number of nitrogens with zero attached hydrogens (tertiary/aromatic N) is 4. The summed E-state index contributed by atoms with van der Waals surface area (Å²) in [4.78, 5) is 19.8. The van der Waals surface area contributed by atoms with Crippen LogP contribution in [0.5, 0.6) is 11.5 Å². The number of benzene rings is 2. The first-order chi connectivity index (χ1) is 17.0. The quantitative estimate of drug-likeness (QED) is 0.641. The predicted molar refractivity (Wildman–Crippen MR) is 129 cm³/mol. The van der Waals surface area contributed by atoms with Gasteiger partial charge in [-0.25, -0.2) is 0 Å². The summed E-state index contributed by atoms with van der Waals surface area (Å²) in [7, 11) is -3.63. The van der Waals surface area contributed by atoms with Crippen LogP contribution in [0.4, 0.5) is 0 Å². The van der Waals surface area contributed by atoms with Crippen LogP contribution in [0.15, 0.2) is 51.8 Å². The van der Waals surface area contributed by atoms with Crippen molar-refractivity contribution in [3.05, 3.63) is 53.6 Å². The molecule has 1 amide bonds. The highest BCUT2D eigenvalue weighted by Gasteiger charge is 2.36. The lowest BCUT2D eigenvalue weighted by atomic mass is 9.94. The Kier molecular flexibility index (Phi) is 5.64. The van der Waals surface area contributed by atoms with E-state index in [9.17, 15) is 13.2 Å². The van der Waals surface area contributed by atoms with Crippen molar-refractivity contribution in [3.63, 3.8) is 0 Å². The number of ether oxygens (including phenoxy) is 2. The van der Waals surface area contributed by atoms with Gasteiger partial charge in [0.25, 0.3) is 10.0 Å². The summed E-state index contributed by atoms with van der Waals surface area (Å²) >= 11 is 0. The second kappa shape index (κ2) is 8.83. The maximum absolute atomic E-state index is 13.2. The van der Waals surface area contributed by atoms with E-state index in [0.717, 1.165) is 44.2 Å². The third-order valence-electron chi connectivity index (χ3n) is 7.28. The number of piperidine rings is 1. The topological polar surface area (TPSA) is 91.8 Å². The van der Waals surface area contributed by atoms with Crippen molar-refractivity contribution in [2.45, 2.75) is 24.3 Å². The Balaban J connectivity index is 1.02. The van der Waals surface area contributed by atoms with Crippen LogP contribution in [0.25, 0.3) is 0 Å². The summed E-state index contributed by atoms with van der Waals surface area (Å²) in [5.74, 6) is 2.30. The van der Waals surface area contributed by atoms with E-state index in [4.69, 9.17) is 9.47 Å². The molecule has 2 fully saturated rings. The van der Waals surface area contributed by atoms with Gasteiger partial charge in [-0.3, -0.25) is 9.69 Å². The number of amides is 1. The largest absolute Gasteiger partial charge is 0.454 e. The molecule has 2 saturated heterocycles. The van der Waals surface area contributed by atoms with Crippen molar-refractivity contribution in [2.24, 2.45) is 10.3 Å². The number of hydrogen-bond donors (Lipinski definition) is 0. The van der Waals surface area contributed by atoms with Gasteiger partial charge < -0.3 is 19.3 Å². The fourth-order valence-electron chi connectivity index (χ4n) is 5.34. The lowest BCUT2D eigenvalue weighted by molar-refractivity contribution is -0.138. The maximum Gasteiger partial charge on any atom is 0.285 e. The summed E-state index contributed by atoms with van der Waals surface area (Å²) in [6, 6.07) is 13.0. The first-order valence-corrected chi connectivity index (χ1v) is 13.5. The fraction of sp³-hybridized carbons (Fsp3) is 0.440. The van der Waals surface area contributed by atoms with Crippen LogP contribution in [0.2, 0.25) is 0 Å². The number of rotatable bonds is 3. The number of carbonyl (C=O) groups excluding carboxylic acids is 1. The summed E-state index contributed by atoms with van der Waals surface area (Å²) in [6.07, 6.45) is 1.41. The summed E-state index contributed by atoms with van der Waals surface area (Å²) in [6.45, 7) is 5.48. The second-order valence-corrected chi connectivity index (χ2v) is 11.0. The molecule has 0 unspecified atom stereocenters. The summed E-state index contributed by atoms with van der Waals surface area (Å²) in [5.41, 5.74) is 1.84. The summed E-state index contributed by atoms with van der Waals surface area (Å²) in [5, 5.41) is 0. The number of piperazine rings is 1. The molecule has 4 aliphatic heterocycles. The van der Waals surface area contributed by atoms with Crippen molar-refractivity contribution < 1.29 is 22.7 Å². The Labute approximate surface area is 205 Å². The third-order valence-corrected chi connectivity index (χ3v) is 8.61. The Morgan fingerprint density at radius 1 is 0.943 bits per heavy atom. The number of fused-ring (bicyclic) bond motifs is 2. The Morgan fingerprint density at radius 2 is 1.69 bits per heavy atom. The molecule has 0 radical (unpaired) electrons. The minimum atomic E-state index is -3.63. The van der Waals surface area contributed by atoms with E-state index in [1.165, 1.54) is 5.56 Å². The van der Waals surface area contributed by atoms with Gasteiger partial charge in [0.15, 0.2) is 17.3 Å². The number of carbonyl (C=O) groups is 1. The molecule has 4 heterocycles. The molecule has 6 rings (SSSR count). The van der Waals surface area contributed by atoms with Crippen LogP contribution in [0, 0.1) is 5.92 Å². The summed E-state index contributed by atoms with van der Waals surface area (Å²) < 4.78 is 39.7. The van der Waals surface area contributed by atoms with Crippen LogP contribution in [-0.2, 0) is 21.4 Å². The van der Waals surface area contributed by atoms with Gasteiger partial charge in [-0.15, -0.1) is 4.40 Å². The minimum absolute atomic E-state index is 0.0273. The van der Waals surface area contributed by atoms with E-state index in [1.807, 2.05) is 28.0 Å². The second-order valence-electron chi connectivity index (χ2n) is 9.44. The van der Waals surface area contributed by atoms with Crippen LogP contribution in [-0.4, -0.2) is 80.9 Å². The molecule has 0 bridgehead atoms. The van der Waals surface area contributed by atoms with Crippen LogP contribution in [0.3, 0.4) is 0 Å². The van der Waals surface area contributed by atoms with Crippen LogP contribution in [0.1, 0.15) is 24.0 Å². The van der Waals surface area contributed by atoms with Gasteiger partial charge in [0, 0.05) is 57.3 Å². The molecule has 4 aliphatic rings. The van der Waals surface area contributed by atoms with E-state index in [-0.39, 0.29) is 23.5 Å². The predicted octanol–water partition coefficient (Wildman–Crippen LogP) is 1.92. The minimum Gasteiger partial charge on any atom is -0.454 e. The van der Waals surface area contributed by atoms with E-state index in [0.29, 0.717) is 37.3 Å². The van der Waals surface area contributed by atoms with E-state index >= 15 is 0 Å². The highest BCUT2D eigenvalue weighted by Crippen LogP contribution is 2.33. The lowest BCUT2D eigenvalue weighted by Crippen LogP contribution is -2.51. The highest BCUT2D eigenvalue weighted by molar-refractivity contribution is 7.90. The van der Waals surface area contributed by atoms with Gasteiger partial charge in [0.1, 0.15) is 4.90 Å². The fourth-order valence-corrected chi connectivity index (χ4v) is 6.56. The van der Waals surface area contributed by atoms with Crippen molar-refractivity contribution in [1.29, 1.82) is 0 Å². The number of hydrogen-bond acceptors (Lipinski definition) is 7. The molecule has 2 aromatic carbocycles. The van der Waals surface area contributed by atoms with Crippen molar-refractivity contribution in [2.75, 3.05) is 46.1 Å². The standard InChI is InChI=1S/C25H28N4O5S/c30-25(29-13-11-27(12-14-29)16-18-5-6-21-22(15-18)34-17-33-21)19-7-9-28(10-8-19)24-20-3-1-2-4-23(20)35(31,32)26-24/h1-6,15,19H,7-14,16-17H2. The molecule has 0 N–H and O–H groups in total. The molecule has 184 valence electrons. The van der Waals surface area contributed by atoms with E-state index < -0.39 is 10.0 Å². The Morgan fingerprint density at radius 3 is 2.49 bits per heavy atom. The molecule has 35 heavy (non-hydrogen) atoms. The van der Waals surface area contributed by atoms with Gasteiger partial charge in [-0.05, 0) is 42.7 Å². The first-order valence-electron chi connectivity index (χ1n) is 12.1. The van der Waals surface area contributed by atoms with Crippen molar-refractivity contribution in [1.82, 2.24) is 14.7 Å². The van der Waals surface area contributed by atoms with Gasteiger partial charge in [-0.2, -0.15) is 8.42 Å². The molecule has 0 saturated carbocycles. The normalized spacial score (nSPS) is 21.7. The van der Waals surface area contributed by atoms with Gasteiger partial charge in [0.2, 0.25) is 12.7 Å². The molecule has 9 nitrogen and oxygen atoms in total. The molecular formula is C25H28N4O5S. The molecule has 10 heteroatoms. The van der Waals surface area contributed by atoms with Crippen molar-refractivity contribution in [3.8, 4) is 11.5 Å². The monoisotopic (exact) mass is 496 g/mol. The third kappa shape index (κ3) is 4.25. The SMILES string of the molecule is O=C(C1CCN(C2=NS(=O)(=O)c3ccccc32)CC1)N1CCN(Cc2ccc3c(c2)OCO3)CC1. The molecule has 0 aliphatic carbocycles. The molecule has 2 aromatic rings. The van der Waals surface area contributed by atoms with Gasteiger partial charge in [-0.1, -0.05) is 18.2 Å². The highest BCUT2D eigenvalue weighted by atomic mass is 32.2. The van der Waals surface area contributed by atoms with Gasteiger partial charge >= 0.3 is 0 Å². The number of likely N-dealkylation sites (tertiary alicyclic amines) is 1. The average molecular weight is 497 g/mol. The zero-order valence-electron chi connectivity index (χ0n) is 19.4. The lowest BCUT2D eigenvalue weighted by Gasteiger charge is -2.39. The molecule has 0 atom stereocenters. The number of amidine groups is 1.